The predicted octanol–water partition coefficient (Wildman–Crippen LogP) is 5.23. The smallest absolute Gasteiger partial charge is 0.258 e. The molecule has 0 saturated heterocycles. The molecule has 2 amide bonds. The quantitative estimate of drug-likeness (QED) is 0.308. The number of hydrogen-bond donors (Lipinski definition) is 3. The average Bonchev–Trinajstić information content (AvgIpc) is 3.15. The van der Waals surface area contributed by atoms with E-state index in [0.717, 1.165) is 35.5 Å². The van der Waals surface area contributed by atoms with Crippen LogP contribution in [0.4, 0.5) is 17.1 Å². The molecule has 0 bridgehead atoms. The molecule has 1 heterocycles. The zero-order valence-corrected chi connectivity index (χ0v) is 19.9. The Morgan fingerprint density at radius 1 is 1.03 bits per heavy atom. The molecule has 0 atom stereocenters. The highest BCUT2D eigenvalue weighted by molar-refractivity contribution is 6.38. The van der Waals surface area contributed by atoms with Gasteiger partial charge in [-0.25, -0.2) is 0 Å². The summed E-state index contributed by atoms with van der Waals surface area (Å²) in [6, 6.07) is 22.8. The molecule has 6 nitrogen and oxygen atoms in total. The number of anilines is 3. The van der Waals surface area contributed by atoms with Crippen LogP contribution < -0.4 is 20.9 Å². The van der Waals surface area contributed by atoms with Crippen molar-refractivity contribution in [3.8, 4) is 0 Å². The molecule has 174 valence electrons. The Hall–Kier alpha value is -3.61. The highest BCUT2D eigenvalue weighted by atomic mass is 35.5. The third kappa shape index (κ3) is 5.14. The lowest BCUT2D eigenvalue weighted by Crippen LogP contribution is -2.31. The highest BCUT2D eigenvalue weighted by Crippen LogP contribution is 2.38. The van der Waals surface area contributed by atoms with Crippen molar-refractivity contribution in [3.63, 3.8) is 0 Å². The van der Waals surface area contributed by atoms with Gasteiger partial charge < -0.3 is 20.9 Å². The summed E-state index contributed by atoms with van der Waals surface area (Å²) < 4.78 is 0. The molecule has 4 rings (SSSR count). The van der Waals surface area contributed by atoms with Crippen molar-refractivity contribution < 1.29 is 9.59 Å². The summed E-state index contributed by atoms with van der Waals surface area (Å²) in [7, 11) is 1.90. The second-order valence-electron chi connectivity index (χ2n) is 8.06. The van der Waals surface area contributed by atoms with E-state index in [1.807, 2.05) is 67.7 Å². The summed E-state index contributed by atoms with van der Waals surface area (Å²) in [5.41, 5.74) is 5.27. The lowest BCUT2D eigenvalue weighted by Gasteiger charge is -2.22. The molecule has 3 N–H and O–H groups in total. The Balaban J connectivity index is 1.69. The Bertz CT molecular complexity index is 1220. The van der Waals surface area contributed by atoms with E-state index in [0.29, 0.717) is 28.5 Å². The lowest BCUT2D eigenvalue weighted by atomic mass is 10.00. The molecule has 3 aromatic carbocycles. The number of nitrogens with zero attached hydrogens (tertiary/aromatic N) is 1. The first-order valence-corrected chi connectivity index (χ1v) is 11.6. The van der Waals surface area contributed by atoms with Gasteiger partial charge in [0.05, 0.1) is 17.0 Å². The minimum absolute atomic E-state index is 0.00167. The molecule has 34 heavy (non-hydrogen) atoms. The second kappa shape index (κ2) is 10.5. The van der Waals surface area contributed by atoms with E-state index in [2.05, 4.69) is 16.0 Å². The van der Waals surface area contributed by atoms with Crippen molar-refractivity contribution in [2.45, 2.75) is 13.3 Å². The van der Waals surface area contributed by atoms with Gasteiger partial charge in [0, 0.05) is 35.4 Å². The monoisotopic (exact) mass is 474 g/mol. The van der Waals surface area contributed by atoms with Gasteiger partial charge >= 0.3 is 0 Å². The van der Waals surface area contributed by atoms with Crippen LogP contribution in [-0.2, 0) is 9.59 Å². The van der Waals surface area contributed by atoms with Gasteiger partial charge in [0.2, 0.25) is 5.91 Å². The molecule has 1 aliphatic heterocycles. The molecule has 3 aromatic rings. The zero-order valence-electron chi connectivity index (χ0n) is 19.2. The molecule has 0 aromatic heterocycles. The van der Waals surface area contributed by atoms with Crippen LogP contribution in [-0.4, -0.2) is 32.0 Å². The van der Waals surface area contributed by atoms with Gasteiger partial charge in [-0.2, -0.15) is 0 Å². The van der Waals surface area contributed by atoms with Crippen molar-refractivity contribution in [1.29, 1.82) is 0 Å². The minimum Gasteiger partial charge on any atom is -0.354 e. The summed E-state index contributed by atoms with van der Waals surface area (Å²) in [4.78, 5) is 26.9. The maximum absolute atomic E-state index is 13.0. The third-order valence-electron chi connectivity index (χ3n) is 5.68. The number of hydrogen-bond acceptors (Lipinski definition) is 4. The van der Waals surface area contributed by atoms with Crippen LogP contribution in [0, 0.1) is 0 Å². The Morgan fingerprint density at radius 2 is 1.76 bits per heavy atom. The fourth-order valence-electron chi connectivity index (χ4n) is 4.03. The highest BCUT2D eigenvalue weighted by Gasteiger charge is 2.28. The SMILES string of the molecule is CNCCCN(C(C)=O)c1ccc(N/C(=C2\C(=O)Nc3cc(Cl)ccc32)c2ccccc2)cc1. The number of benzene rings is 3. The molecule has 0 fully saturated rings. The topological polar surface area (TPSA) is 73.5 Å². The summed E-state index contributed by atoms with van der Waals surface area (Å²) in [6.07, 6.45) is 0.860. The fraction of sp³-hybridized carbons (Fsp3) is 0.185. The van der Waals surface area contributed by atoms with Crippen LogP contribution in [0.1, 0.15) is 24.5 Å². The van der Waals surface area contributed by atoms with Gasteiger partial charge in [-0.1, -0.05) is 48.0 Å². The van der Waals surface area contributed by atoms with Gasteiger partial charge in [-0.05, 0) is 62.0 Å². The first-order valence-electron chi connectivity index (χ1n) is 11.2. The first-order chi connectivity index (χ1) is 16.5. The number of fused-ring (bicyclic) bond motifs is 1. The Morgan fingerprint density at radius 3 is 2.44 bits per heavy atom. The van der Waals surface area contributed by atoms with E-state index in [9.17, 15) is 9.59 Å². The number of halogens is 1. The van der Waals surface area contributed by atoms with E-state index in [-0.39, 0.29) is 11.8 Å². The number of nitrogens with one attached hydrogen (secondary N) is 3. The van der Waals surface area contributed by atoms with E-state index < -0.39 is 0 Å². The van der Waals surface area contributed by atoms with Crippen LogP contribution in [0.15, 0.2) is 72.8 Å². The maximum Gasteiger partial charge on any atom is 0.258 e. The second-order valence-corrected chi connectivity index (χ2v) is 8.50. The van der Waals surface area contributed by atoms with E-state index >= 15 is 0 Å². The largest absolute Gasteiger partial charge is 0.354 e. The normalized spacial score (nSPS) is 13.8. The van der Waals surface area contributed by atoms with Gasteiger partial charge in [-0.3, -0.25) is 9.59 Å². The van der Waals surface area contributed by atoms with E-state index in [1.165, 1.54) is 0 Å². The van der Waals surface area contributed by atoms with E-state index in [1.54, 1.807) is 24.0 Å². The minimum atomic E-state index is -0.187. The molecule has 0 saturated carbocycles. The Labute approximate surface area is 204 Å². The van der Waals surface area contributed by atoms with Crippen LogP contribution in [0.25, 0.3) is 11.3 Å². The van der Waals surface area contributed by atoms with Crippen LogP contribution in [0.5, 0.6) is 0 Å². The van der Waals surface area contributed by atoms with Crippen LogP contribution in [0.3, 0.4) is 0 Å². The van der Waals surface area contributed by atoms with Gasteiger partial charge in [0.1, 0.15) is 0 Å². The number of rotatable bonds is 8. The summed E-state index contributed by atoms with van der Waals surface area (Å²) in [6.45, 7) is 3.06. The summed E-state index contributed by atoms with van der Waals surface area (Å²) in [5, 5.41) is 10.0. The molecule has 0 unspecified atom stereocenters. The first kappa shape index (κ1) is 23.5. The maximum atomic E-state index is 13.0. The number of carbonyl (C=O) groups is 2. The van der Waals surface area contributed by atoms with Gasteiger partial charge in [-0.15, -0.1) is 0 Å². The lowest BCUT2D eigenvalue weighted by molar-refractivity contribution is -0.116. The Kier molecular flexibility index (Phi) is 7.30. The summed E-state index contributed by atoms with van der Waals surface area (Å²) in [5.74, 6) is -0.186. The van der Waals surface area contributed by atoms with E-state index in [4.69, 9.17) is 11.6 Å². The number of amides is 2. The zero-order chi connectivity index (χ0) is 24.1. The van der Waals surface area contributed by atoms with Crippen LogP contribution in [0.2, 0.25) is 5.02 Å². The van der Waals surface area contributed by atoms with Crippen molar-refractivity contribution in [1.82, 2.24) is 5.32 Å². The van der Waals surface area contributed by atoms with Gasteiger partial charge in [0.15, 0.2) is 0 Å². The van der Waals surface area contributed by atoms with Crippen LogP contribution >= 0.6 is 11.6 Å². The molecule has 0 radical (unpaired) electrons. The molecule has 0 aliphatic carbocycles. The molecule has 0 spiro atoms. The van der Waals surface area contributed by atoms with Gasteiger partial charge in [0.25, 0.3) is 5.91 Å². The number of carbonyl (C=O) groups excluding carboxylic acids is 2. The summed E-state index contributed by atoms with van der Waals surface area (Å²) >= 11 is 6.13. The van der Waals surface area contributed by atoms with Crippen molar-refractivity contribution in [2.24, 2.45) is 0 Å². The molecule has 1 aliphatic rings. The molecular formula is C27H27ClN4O2. The van der Waals surface area contributed by atoms with Crippen molar-refractivity contribution in [3.05, 3.63) is 88.9 Å². The standard InChI is InChI=1S/C27H27ClN4O2/c1-18(33)32(16-6-15-29-2)22-12-10-21(11-13-22)30-26(19-7-4-3-5-8-19)25-23-14-9-20(28)17-24(23)31-27(25)34/h3-5,7-14,17,29-30H,6,15-16H2,1-2H3,(H,31,34)/b26-25-. The third-order valence-corrected chi connectivity index (χ3v) is 5.91. The fourth-order valence-corrected chi connectivity index (χ4v) is 4.20. The average molecular weight is 475 g/mol. The van der Waals surface area contributed by atoms with Crippen molar-refractivity contribution >= 4 is 51.7 Å². The predicted molar refractivity (Wildman–Crippen MR) is 140 cm³/mol. The van der Waals surface area contributed by atoms with Crippen molar-refractivity contribution in [2.75, 3.05) is 35.7 Å². The molecule has 7 heteroatoms. The molecular weight excluding hydrogens is 448 g/mol.